The summed E-state index contributed by atoms with van der Waals surface area (Å²) in [6.07, 6.45) is -0.00504. The molecule has 5 heteroatoms. The molecule has 0 fully saturated rings. The minimum Gasteiger partial charge on any atom is -0.465 e. The van der Waals surface area contributed by atoms with Crippen LogP contribution in [0.1, 0.15) is 41.5 Å². The second-order valence-electron chi connectivity index (χ2n) is 5.40. The van der Waals surface area contributed by atoms with Crippen LogP contribution in [0.5, 0.6) is 0 Å². The number of carbonyl (C=O) groups excluding carboxylic acids is 2. The van der Waals surface area contributed by atoms with Crippen molar-refractivity contribution >= 4 is 11.9 Å². The highest BCUT2D eigenvalue weighted by molar-refractivity contribution is 5.78. The van der Waals surface area contributed by atoms with Gasteiger partial charge in [-0.1, -0.05) is 13.8 Å². The summed E-state index contributed by atoms with van der Waals surface area (Å²) < 4.78 is 15.6. The summed E-state index contributed by atoms with van der Waals surface area (Å²) in [5, 5.41) is 0. The average molecular weight is 274 g/mol. The molecule has 0 saturated carbocycles. The average Bonchev–Trinajstić information content (AvgIpc) is 2.33. The third-order valence-electron chi connectivity index (χ3n) is 2.51. The number of hydrogen-bond acceptors (Lipinski definition) is 5. The van der Waals surface area contributed by atoms with Gasteiger partial charge >= 0.3 is 11.9 Å². The van der Waals surface area contributed by atoms with Gasteiger partial charge in [0.2, 0.25) is 0 Å². The van der Waals surface area contributed by atoms with Gasteiger partial charge in [-0.3, -0.25) is 9.59 Å². The smallest absolute Gasteiger partial charge is 0.317 e. The first kappa shape index (κ1) is 17.9. The largest absolute Gasteiger partial charge is 0.465 e. The van der Waals surface area contributed by atoms with Crippen LogP contribution in [-0.2, 0) is 23.8 Å². The first-order chi connectivity index (χ1) is 8.73. The van der Waals surface area contributed by atoms with Gasteiger partial charge in [0.15, 0.2) is 0 Å². The SMILES string of the molecule is CCOC(=O)C(C)(COC(=O)C(C)C)COC(C)C. The van der Waals surface area contributed by atoms with Gasteiger partial charge in [0.1, 0.15) is 12.0 Å². The third kappa shape index (κ3) is 6.57. The molecular formula is C14H26O5. The molecule has 0 aliphatic rings. The molecule has 112 valence electrons. The lowest BCUT2D eigenvalue weighted by Crippen LogP contribution is -2.40. The fourth-order valence-corrected chi connectivity index (χ4v) is 1.21. The molecule has 0 N–H and O–H groups in total. The van der Waals surface area contributed by atoms with Crippen molar-refractivity contribution in [1.29, 1.82) is 0 Å². The van der Waals surface area contributed by atoms with Crippen LogP contribution in [0.25, 0.3) is 0 Å². The molecule has 0 aromatic heterocycles. The van der Waals surface area contributed by atoms with Crippen LogP contribution in [0.2, 0.25) is 0 Å². The summed E-state index contributed by atoms with van der Waals surface area (Å²) in [7, 11) is 0. The fourth-order valence-electron chi connectivity index (χ4n) is 1.21. The molecule has 0 heterocycles. The van der Waals surface area contributed by atoms with Crippen LogP contribution < -0.4 is 0 Å². The van der Waals surface area contributed by atoms with E-state index in [4.69, 9.17) is 14.2 Å². The molecule has 0 aliphatic carbocycles. The molecule has 0 aromatic rings. The molecule has 0 bridgehead atoms. The Kier molecular flexibility index (Phi) is 7.68. The van der Waals surface area contributed by atoms with Gasteiger partial charge in [0.05, 0.1) is 25.2 Å². The monoisotopic (exact) mass is 274 g/mol. The minimum atomic E-state index is -0.967. The lowest BCUT2D eigenvalue weighted by molar-refractivity contribution is -0.169. The Balaban J connectivity index is 4.65. The number of hydrogen-bond donors (Lipinski definition) is 0. The van der Waals surface area contributed by atoms with Crippen molar-refractivity contribution in [3.05, 3.63) is 0 Å². The zero-order valence-corrected chi connectivity index (χ0v) is 12.8. The maximum Gasteiger partial charge on any atom is 0.317 e. The fraction of sp³-hybridized carbons (Fsp3) is 0.857. The molecule has 0 spiro atoms. The van der Waals surface area contributed by atoms with Gasteiger partial charge in [-0.15, -0.1) is 0 Å². The Morgan fingerprint density at radius 3 is 2.05 bits per heavy atom. The normalized spacial score (nSPS) is 14.3. The number of carbonyl (C=O) groups is 2. The molecule has 0 rings (SSSR count). The van der Waals surface area contributed by atoms with Crippen molar-refractivity contribution in [3.63, 3.8) is 0 Å². The standard InChI is InChI=1S/C14H26O5/c1-7-17-13(16)14(6,8-18-11(4)5)9-19-12(15)10(2)3/h10-11H,7-9H2,1-6H3. The van der Waals surface area contributed by atoms with E-state index in [0.29, 0.717) is 0 Å². The van der Waals surface area contributed by atoms with E-state index >= 15 is 0 Å². The minimum absolute atomic E-state index is 0.00504. The highest BCUT2D eigenvalue weighted by Crippen LogP contribution is 2.21. The molecular weight excluding hydrogens is 248 g/mol. The van der Waals surface area contributed by atoms with E-state index in [-0.39, 0.29) is 37.8 Å². The first-order valence-electron chi connectivity index (χ1n) is 6.68. The van der Waals surface area contributed by atoms with Crippen molar-refractivity contribution in [2.45, 2.75) is 47.6 Å². The van der Waals surface area contributed by atoms with Crippen molar-refractivity contribution in [3.8, 4) is 0 Å². The predicted octanol–water partition coefficient (Wildman–Crippen LogP) is 2.18. The molecule has 0 amide bonds. The number of esters is 2. The molecule has 0 aromatic carbocycles. The summed E-state index contributed by atoms with van der Waals surface area (Å²) in [5.41, 5.74) is -0.967. The summed E-state index contributed by atoms with van der Waals surface area (Å²) >= 11 is 0. The van der Waals surface area contributed by atoms with E-state index in [2.05, 4.69) is 0 Å². The molecule has 1 unspecified atom stereocenters. The Morgan fingerprint density at radius 1 is 1.05 bits per heavy atom. The molecule has 0 radical (unpaired) electrons. The van der Waals surface area contributed by atoms with Crippen LogP contribution in [0.15, 0.2) is 0 Å². The summed E-state index contributed by atoms with van der Waals surface area (Å²) in [6.45, 7) is 11.1. The quantitative estimate of drug-likeness (QED) is 0.635. The van der Waals surface area contributed by atoms with Crippen LogP contribution in [0.3, 0.4) is 0 Å². The highest BCUT2D eigenvalue weighted by Gasteiger charge is 2.37. The van der Waals surface area contributed by atoms with E-state index in [9.17, 15) is 9.59 Å². The van der Waals surface area contributed by atoms with Gasteiger partial charge in [-0.2, -0.15) is 0 Å². The van der Waals surface area contributed by atoms with E-state index in [1.807, 2.05) is 13.8 Å². The zero-order valence-electron chi connectivity index (χ0n) is 12.8. The van der Waals surface area contributed by atoms with Crippen molar-refractivity contribution < 1.29 is 23.8 Å². The lowest BCUT2D eigenvalue weighted by Gasteiger charge is -2.27. The number of rotatable bonds is 8. The molecule has 5 nitrogen and oxygen atoms in total. The third-order valence-corrected chi connectivity index (χ3v) is 2.51. The maximum absolute atomic E-state index is 12.0. The topological polar surface area (TPSA) is 61.8 Å². The van der Waals surface area contributed by atoms with Crippen molar-refractivity contribution in [2.24, 2.45) is 11.3 Å². The maximum atomic E-state index is 12.0. The Morgan fingerprint density at radius 2 is 1.63 bits per heavy atom. The molecule has 19 heavy (non-hydrogen) atoms. The van der Waals surface area contributed by atoms with E-state index < -0.39 is 11.4 Å². The van der Waals surface area contributed by atoms with Crippen LogP contribution in [0.4, 0.5) is 0 Å². The summed E-state index contributed by atoms with van der Waals surface area (Å²) in [6, 6.07) is 0. The highest BCUT2D eigenvalue weighted by atomic mass is 16.6. The number of ether oxygens (including phenoxy) is 3. The van der Waals surface area contributed by atoms with E-state index in [1.165, 1.54) is 0 Å². The van der Waals surface area contributed by atoms with E-state index in [1.54, 1.807) is 27.7 Å². The van der Waals surface area contributed by atoms with Gasteiger partial charge in [-0.05, 0) is 27.7 Å². The Hall–Kier alpha value is -1.10. The molecule has 1 atom stereocenters. The second kappa shape index (κ2) is 8.15. The van der Waals surface area contributed by atoms with Gasteiger partial charge < -0.3 is 14.2 Å². The van der Waals surface area contributed by atoms with E-state index in [0.717, 1.165) is 0 Å². The molecule has 0 aliphatic heterocycles. The van der Waals surface area contributed by atoms with Gasteiger partial charge in [0, 0.05) is 0 Å². The zero-order chi connectivity index (χ0) is 15.1. The predicted molar refractivity (Wildman–Crippen MR) is 71.6 cm³/mol. The molecule has 0 saturated heterocycles. The van der Waals surface area contributed by atoms with Crippen molar-refractivity contribution in [2.75, 3.05) is 19.8 Å². The second-order valence-corrected chi connectivity index (χ2v) is 5.40. The Labute approximate surface area is 115 Å². The lowest BCUT2D eigenvalue weighted by atomic mass is 9.93. The Bertz CT molecular complexity index is 298. The van der Waals surface area contributed by atoms with Gasteiger partial charge in [-0.25, -0.2) is 0 Å². The van der Waals surface area contributed by atoms with Crippen LogP contribution >= 0.6 is 0 Å². The summed E-state index contributed by atoms with van der Waals surface area (Å²) in [4.78, 5) is 23.5. The first-order valence-corrected chi connectivity index (χ1v) is 6.68. The van der Waals surface area contributed by atoms with Crippen molar-refractivity contribution in [1.82, 2.24) is 0 Å². The van der Waals surface area contributed by atoms with Crippen LogP contribution in [-0.4, -0.2) is 37.9 Å². The van der Waals surface area contributed by atoms with Crippen LogP contribution in [0, 0.1) is 11.3 Å². The van der Waals surface area contributed by atoms with Gasteiger partial charge in [0.25, 0.3) is 0 Å². The summed E-state index contributed by atoms with van der Waals surface area (Å²) in [5.74, 6) is -0.968.